The van der Waals surface area contributed by atoms with Crippen LogP contribution in [0.3, 0.4) is 0 Å². The molecule has 18 N–H and O–H groups in total. The third-order valence-electron chi connectivity index (χ3n) is 13.5. The second-order valence-electron chi connectivity index (χ2n) is 21.1. The summed E-state index contributed by atoms with van der Waals surface area (Å²) in [7, 11) is 0. The number of amides is 11. The first-order chi connectivity index (χ1) is 39.2. The minimum absolute atomic E-state index is 0.0000251. The molecule has 0 aliphatic carbocycles. The Kier molecular flexibility index (Phi) is 28.7. The van der Waals surface area contributed by atoms with E-state index in [9.17, 15) is 72.9 Å². The molecule has 1 fully saturated rings. The van der Waals surface area contributed by atoms with Gasteiger partial charge in [-0.3, -0.25) is 52.7 Å². The van der Waals surface area contributed by atoms with Crippen molar-refractivity contribution in [2.45, 2.75) is 159 Å². The maximum absolute atomic E-state index is 14.0. The number of rotatable bonds is 34. The highest BCUT2D eigenvalue weighted by molar-refractivity contribution is 5.99. The Morgan fingerprint density at radius 3 is 1.69 bits per heavy atom. The molecule has 83 heavy (non-hydrogen) atoms. The number of carbonyl (C=O) groups excluding carboxylic acids is 11. The third-order valence-corrected chi connectivity index (χ3v) is 13.5. The van der Waals surface area contributed by atoms with E-state index in [1.54, 1.807) is 56.3 Å². The van der Waals surface area contributed by atoms with Crippen LogP contribution in [0.1, 0.15) is 91.2 Å². The Bertz CT molecular complexity index is 2560. The van der Waals surface area contributed by atoms with E-state index in [0.29, 0.717) is 24.8 Å². The second kappa shape index (κ2) is 34.4. The van der Waals surface area contributed by atoms with E-state index < -0.39 is 169 Å². The van der Waals surface area contributed by atoms with Crippen LogP contribution in [-0.4, -0.2) is 184 Å². The number of carbonyl (C=O) groups is 12. The summed E-state index contributed by atoms with van der Waals surface area (Å²) >= 11 is 0. The topological polar surface area (TPSA) is 455 Å². The van der Waals surface area contributed by atoms with Gasteiger partial charge in [0.25, 0.3) is 0 Å². The lowest BCUT2D eigenvalue weighted by molar-refractivity contribution is -0.143. The van der Waals surface area contributed by atoms with E-state index >= 15 is 0 Å². The highest BCUT2D eigenvalue weighted by Gasteiger charge is 2.42. The fourth-order valence-electron chi connectivity index (χ4n) is 8.81. The SMILES string of the molecule is CC(C)[C@H](NC(=O)[C@H](CC(N)=O)NC(=O)[C@@H](NC(=O)[C@@H]1CCCN1C(=O)[C@@H](NC(=O)[C@@H](N)Cc1ccccc1)C(C)C)[C@@H](C)O)C(=O)NCC(=O)N[C@@H](CO)C(=O)N[C@@H](CCCCN)C(=O)N[C@@H](C)C(=O)N[C@@H](Cc1ccccc1)C(=O)O. The normalized spacial score (nSPS) is 16.6. The number of unbranched alkanes of at least 4 members (excludes halogenated alkanes) is 1. The van der Waals surface area contributed by atoms with Crippen LogP contribution in [0.25, 0.3) is 0 Å². The summed E-state index contributed by atoms with van der Waals surface area (Å²) in [6, 6.07) is 3.73. The van der Waals surface area contributed by atoms with Crippen LogP contribution >= 0.6 is 0 Å². The summed E-state index contributed by atoms with van der Waals surface area (Å²) in [4.78, 5) is 161. The number of aliphatic hydroxyl groups excluding tert-OH is 2. The van der Waals surface area contributed by atoms with Gasteiger partial charge in [0, 0.05) is 13.0 Å². The van der Waals surface area contributed by atoms with Crippen molar-refractivity contribution < 1.29 is 72.9 Å². The van der Waals surface area contributed by atoms with Crippen LogP contribution in [0.5, 0.6) is 0 Å². The van der Waals surface area contributed by atoms with Crippen molar-refractivity contribution >= 4 is 70.9 Å². The van der Waals surface area contributed by atoms with E-state index in [-0.39, 0.29) is 38.8 Å². The number of hydrogen-bond donors (Lipinski definition) is 15. The van der Waals surface area contributed by atoms with Crippen molar-refractivity contribution in [1.29, 1.82) is 0 Å². The van der Waals surface area contributed by atoms with E-state index in [0.717, 1.165) is 5.56 Å². The zero-order chi connectivity index (χ0) is 62.1. The van der Waals surface area contributed by atoms with Gasteiger partial charge in [0.1, 0.15) is 54.4 Å². The molecular weight excluding hydrogens is 1080 g/mol. The number of nitrogens with zero attached hydrogens (tertiary/aromatic N) is 1. The lowest BCUT2D eigenvalue weighted by Gasteiger charge is -2.32. The van der Waals surface area contributed by atoms with Gasteiger partial charge in [0.05, 0.1) is 31.7 Å². The largest absolute Gasteiger partial charge is 0.480 e. The van der Waals surface area contributed by atoms with Crippen LogP contribution in [0.2, 0.25) is 0 Å². The number of likely N-dealkylation sites (tertiary alicyclic amines) is 1. The molecule has 2 aromatic rings. The lowest BCUT2D eigenvalue weighted by atomic mass is 10.00. The van der Waals surface area contributed by atoms with Crippen molar-refractivity contribution in [2.24, 2.45) is 29.0 Å². The van der Waals surface area contributed by atoms with Crippen molar-refractivity contribution in [1.82, 2.24) is 52.8 Å². The van der Waals surface area contributed by atoms with E-state index in [1.807, 2.05) is 18.2 Å². The number of hydrogen-bond acceptors (Lipinski definition) is 16. The van der Waals surface area contributed by atoms with Gasteiger partial charge in [-0.15, -0.1) is 0 Å². The molecule has 0 bridgehead atoms. The van der Waals surface area contributed by atoms with Crippen molar-refractivity contribution in [3.63, 3.8) is 0 Å². The molecule has 0 saturated carbocycles. The average molecular weight is 1170 g/mol. The molecule has 0 radical (unpaired) electrons. The number of benzene rings is 2. The highest BCUT2D eigenvalue weighted by Crippen LogP contribution is 2.21. The molecule has 2 aromatic carbocycles. The summed E-state index contributed by atoms with van der Waals surface area (Å²) in [5.41, 5.74) is 18.7. The molecule has 0 spiro atoms. The number of nitrogens with two attached hydrogens (primary N) is 3. The van der Waals surface area contributed by atoms with Gasteiger partial charge in [-0.05, 0) is 81.9 Å². The number of aliphatic carboxylic acids is 1. The highest BCUT2D eigenvalue weighted by atomic mass is 16.4. The van der Waals surface area contributed by atoms with Gasteiger partial charge in [0.15, 0.2) is 0 Å². The zero-order valence-corrected chi connectivity index (χ0v) is 47.7. The zero-order valence-electron chi connectivity index (χ0n) is 47.7. The van der Waals surface area contributed by atoms with Crippen molar-refractivity contribution in [3.05, 3.63) is 71.8 Å². The number of carboxylic acids is 1. The lowest BCUT2D eigenvalue weighted by Crippen LogP contribution is -2.62. The monoisotopic (exact) mass is 1170 g/mol. The second-order valence-corrected chi connectivity index (χ2v) is 21.1. The summed E-state index contributed by atoms with van der Waals surface area (Å²) in [6.07, 6.45) is -1.01. The predicted molar refractivity (Wildman–Crippen MR) is 300 cm³/mol. The molecule has 28 nitrogen and oxygen atoms in total. The Balaban J connectivity index is 1.64. The summed E-state index contributed by atoms with van der Waals surface area (Å²) in [5.74, 6) is -12.5. The molecule has 1 aliphatic heterocycles. The molecular formula is C55H83N13O15. The molecule has 11 atom stereocenters. The Hall–Kier alpha value is -8.08. The van der Waals surface area contributed by atoms with Gasteiger partial charge in [-0.25, -0.2) is 4.79 Å². The van der Waals surface area contributed by atoms with Gasteiger partial charge in [-0.2, -0.15) is 0 Å². The van der Waals surface area contributed by atoms with Crippen molar-refractivity contribution in [3.8, 4) is 0 Å². The first-order valence-corrected chi connectivity index (χ1v) is 27.5. The van der Waals surface area contributed by atoms with Gasteiger partial charge in [-0.1, -0.05) is 88.4 Å². The third kappa shape index (κ3) is 22.7. The van der Waals surface area contributed by atoms with Gasteiger partial charge in [0.2, 0.25) is 65.0 Å². The Morgan fingerprint density at radius 1 is 0.602 bits per heavy atom. The first kappa shape index (κ1) is 69.2. The van der Waals surface area contributed by atoms with E-state index in [2.05, 4.69) is 47.9 Å². The molecule has 1 saturated heterocycles. The molecule has 458 valence electrons. The number of nitrogens with one attached hydrogen (secondary N) is 9. The molecule has 0 aromatic heterocycles. The average Bonchev–Trinajstić information content (AvgIpc) is 4.20. The van der Waals surface area contributed by atoms with Crippen LogP contribution in [0.15, 0.2) is 60.7 Å². The quantitative estimate of drug-likeness (QED) is 0.0294. The van der Waals surface area contributed by atoms with Crippen LogP contribution in [0.4, 0.5) is 0 Å². The smallest absolute Gasteiger partial charge is 0.326 e. The van der Waals surface area contributed by atoms with Crippen LogP contribution in [-0.2, 0) is 70.4 Å². The summed E-state index contributed by atoms with van der Waals surface area (Å²) in [6.45, 7) is 7.46. The van der Waals surface area contributed by atoms with Crippen LogP contribution in [0, 0.1) is 11.8 Å². The van der Waals surface area contributed by atoms with Gasteiger partial charge < -0.3 is 85.3 Å². The predicted octanol–water partition coefficient (Wildman–Crippen LogP) is -4.42. The molecule has 0 unspecified atom stereocenters. The van der Waals surface area contributed by atoms with Crippen molar-refractivity contribution in [2.75, 3.05) is 26.2 Å². The fourth-order valence-corrected chi connectivity index (χ4v) is 8.81. The van der Waals surface area contributed by atoms with E-state index in [4.69, 9.17) is 17.2 Å². The summed E-state index contributed by atoms with van der Waals surface area (Å²) in [5, 5.41) is 52.2. The minimum Gasteiger partial charge on any atom is -0.480 e. The number of aliphatic hydroxyl groups is 2. The standard InChI is InChI=1S/C55H83N13O15/c1-29(2)43(52(79)59-27-42(72)61-39(28-69)50(77)62-36(20-13-14-22-56)48(75)60-31(5)46(73)64-38(55(82)83)25-34-18-11-8-12-19-34)65-49(76)37(26-41(58)71)63-53(80)45(32(6)70)67-51(78)40-21-15-23-68(40)54(81)44(30(3)4)66-47(74)35(57)24-33-16-9-7-10-17-33/h7-12,16-19,29-32,35-40,43-45,69-70H,13-15,20-28,56-57H2,1-6H3,(H2,58,71)(H,59,79)(H,60,75)(H,61,72)(H,62,77)(H,63,80)(H,64,73)(H,65,76)(H,66,74)(H,67,78)(H,82,83)/t31-,32+,35-,36-,37-,38-,39-,40-,43-,44-,45-/m0/s1. The maximum atomic E-state index is 14.0. The van der Waals surface area contributed by atoms with Gasteiger partial charge >= 0.3 is 5.97 Å². The first-order valence-electron chi connectivity index (χ1n) is 27.5. The molecule has 11 amide bonds. The molecule has 1 aliphatic rings. The minimum atomic E-state index is -1.79. The Morgan fingerprint density at radius 2 is 1.14 bits per heavy atom. The Labute approximate surface area is 481 Å². The number of primary amides is 1. The molecule has 28 heteroatoms. The number of carboxylic acid groups (broad SMARTS) is 1. The van der Waals surface area contributed by atoms with E-state index in [1.165, 1.54) is 32.6 Å². The maximum Gasteiger partial charge on any atom is 0.326 e. The fraction of sp³-hybridized carbons (Fsp3) is 0.564. The summed E-state index contributed by atoms with van der Waals surface area (Å²) < 4.78 is 0. The van der Waals surface area contributed by atoms with Crippen LogP contribution < -0.4 is 65.1 Å². The molecule has 3 rings (SSSR count). The molecule has 1 heterocycles.